The quantitative estimate of drug-likeness (QED) is 0.348. The van der Waals surface area contributed by atoms with Crippen molar-refractivity contribution >= 4 is 12.0 Å². The standard InChI is InChI=1S/C32H44N2O3/c1-32(2,3)37-31(35)29-17-14-25(22-33-29)11-10-23-12-15-27(16-13-23)34-30-21-28(30)26(18-19-36-4)20-24-8-6-5-7-9-24/h5-9,14,17,20,22-23,27-28,30,34H,10-13,15-16,18-19,21H2,1-4H3/b26-20+/t23?,27?,28-,30+/m0/s1. The SMILES string of the molecule is COCC/C(=C\c1ccccc1)[C@@H]1C[C@H]1NC1CCC(CCc2ccc(C(=O)OC(C)(C)C)nc2)CC1. The molecule has 200 valence electrons. The monoisotopic (exact) mass is 504 g/mol. The molecule has 5 nitrogen and oxygen atoms in total. The normalized spacial score (nSPS) is 24.1. The molecule has 2 fully saturated rings. The van der Waals surface area contributed by atoms with Crippen LogP contribution in [0.15, 0.2) is 54.2 Å². The van der Waals surface area contributed by atoms with Gasteiger partial charge in [0.1, 0.15) is 11.3 Å². The third kappa shape index (κ3) is 8.79. The zero-order chi connectivity index (χ0) is 26.3. The van der Waals surface area contributed by atoms with Gasteiger partial charge in [-0.3, -0.25) is 0 Å². The number of nitrogens with zero attached hydrogens (tertiary/aromatic N) is 1. The number of benzene rings is 1. The molecule has 2 aliphatic rings. The van der Waals surface area contributed by atoms with Gasteiger partial charge in [0.05, 0.1) is 0 Å². The molecule has 5 heteroatoms. The van der Waals surface area contributed by atoms with Crippen molar-refractivity contribution in [2.75, 3.05) is 13.7 Å². The molecule has 1 aromatic carbocycles. The number of hydrogen-bond donors (Lipinski definition) is 1. The van der Waals surface area contributed by atoms with Crippen LogP contribution >= 0.6 is 0 Å². The van der Waals surface area contributed by atoms with Gasteiger partial charge in [-0.1, -0.05) is 48.0 Å². The molecule has 2 atom stereocenters. The lowest BCUT2D eigenvalue weighted by molar-refractivity contribution is 0.00628. The molecule has 37 heavy (non-hydrogen) atoms. The number of pyridine rings is 1. The van der Waals surface area contributed by atoms with E-state index in [1.165, 1.54) is 55.2 Å². The third-order valence-corrected chi connectivity index (χ3v) is 7.58. The van der Waals surface area contributed by atoms with Crippen molar-refractivity contribution in [2.24, 2.45) is 11.8 Å². The number of esters is 1. The van der Waals surface area contributed by atoms with Crippen molar-refractivity contribution in [3.8, 4) is 0 Å². The molecule has 0 bridgehead atoms. The van der Waals surface area contributed by atoms with E-state index in [0.29, 0.717) is 23.7 Å². The Labute approximate surface area is 223 Å². The van der Waals surface area contributed by atoms with E-state index in [-0.39, 0.29) is 5.97 Å². The molecule has 4 rings (SSSR count). The van der Waals surface area contributed by atoms with Crippen molar-refractivity contribution in [3.05, 3.63) is 71.1 Å². The number of methoxy groups -OCH3 is 1. The second kappa shape index (κ2) is 12.8. The molecule has 1 aromatic heterocycles. The molecule has 0 spiro atoms. The highest BCUT2D eigenvalue weighted by molar-refractivity contribution is 5.87. The lowest BCUT2D eigenvalue weighted by Crippen LogP contribution is -2.35. The van der Waals surface area contributed by atoms with E-state index in [9.17, 15) is 4.79 Å². The smallest absolute Gasteiger partial charge is 0.357 e. The van der Waals surface area contributed by atoms with Crippen molar-refractivity contribution in [1.82, 2.24) is 10.3 Å². The van der Waals surface area contributed by atoms with E-state index in [1.807, 2.05) is 33.0 Å². The van der Waals surface area contributed by atoms with E-state index in [2.05, 4.69) is 46.7 Å². The lowest BCUT2D eigenvalue weighted by Gasteiger charge is -2.29. The highest BCUT2D eigenvalue weighted by Gasteiger charge is 2.40. The van der Waals surface area contributed by atoms with E-state index in [1.54, 1.807) is 13.2 Å². The molecule has 2 saturated carbocycles. The highest BCUT2D eigenvalue weighted by Crippen LogP contribution is 2.41. The molecule has 1 heterocycles. The average molecular weight is 505 g/mol. The van der Waals surface area contributed by atoms with E-state index in [4.69, 9.17) is 9.47 Å². The van der Waals surface area contributed by atoms with E-state index >= 15 is 0 Å². The second-order valence-electron chi connectivity index (χ2n) is 11.8. The van der Waals surface area contributed by atoms with Gasteiger partial charge in [-0.05, 0) is 101 Å². The molecule has 2 aliphatic carbocycles. The first-order valence-electron chi connectivity index (χ1n) is 14.0. The summed E-state index contributed by atoms with van der Waals surface area (Å²) in [5, 5.41) is 3.98. The zero-order valence-electron chi connectivity index (χ0n) is 23.0. The molecular formula is C32H44N2O3. The van der Waals surface area contributed by atoms with Crippen LogP contribution in [0.4, 0.5) is 0 Å². The fraction of sp³-hybridized carbons (Fsp3) is 0.562. The van der Waals surface area contributed by atoms with Crippen molar-refractivity contribution in [3.63, 3.8) is 0 Å². The Hall–Kier alpha value is -2.50. The first-order valence-corrected chi connectivity index (χ1v) is 14.0. The lowest BCUT2D eigenvalue weighted by atomic mass is 9.82. The molecule has 0 amide bonds. The Morgan fingerprint density at radius 1 is 1.08 bits per heavy atom. The van der Waals surface area contributed by atoms with Crippen LogP contribution in [-0.4, -0.2) is 42.4 Å². The summed E-state index contributed by atoms with van der Waals surface area (Å²) in [5.41, 5.74) is 3.88. The number of carbonyl (C=O) groups is 1. The number of aryl methyl sites for hydroxylation is 1. The molecule has 0 radical (unpaired) electrons. The second-order valence-corrected chi connectivity index (χ2v) is 11.8. The third-order valence-electron chi connectivity index (χ3n) is 7.58. The van der Waals surface area contributed by atoms with Gasteiger partial charge >= 0.3 is 5.97 Å². The maximum atomic E-state index is 12.2. The van der Waals surface area contributed by atoms with Crippen LogP contribution in [0.1, 0.15) is 87.3 Å². The first kappa shape index (κ1) is 27.5. The first-order chi connectivity index (χ1) is 17.8. The van der Waals surface area contributed by atoms with E-state index in [0.717, 1.165) is 25.4 Å². The van der Waals surface area contributed by atoms with Crippen LogP contribution in [0.2, 0.25) is 0 Å². The Bertz CT molecular complexity index is 1020. The van der Waals surface area contributed by atoms with Crippen LogP contribution in [-0.2, 0) is 15.9 Å². The van der Waals surface area contributed by atoms with Crippen LogP contribution in [0.3, 0.4) is 0 Å². The van der Waals surface area contributed by atoms with Crippen LogP contribution in [0.25, 0.3) is 6.08 Å². The van der Waals surface area contributed by atoms with Crippen molar-refractivity contribution < 1.29 is 14.3 Å². The van der Waals surface area contributed by atoms with Gasteiger partial charge in [-0.15, -0.1) is 0 Å². The van der Waals surface area contributed by atoms with Crippen LogP contribution in [0, 0.1) is 11.8 Å². The summed E-state index contributed by atoms with van der Waals surface area (Å²) >= 11 is 0. The number of carbonyl (C=O) groups excluding carboxylic acids is 1. The summed E-state index contributed by atoms with van der Waals surface area (Å²) in [6.45, 7) is 6.40. The minimum atomic E-state index is -0.503. The summed E-state index contributed by atoms with van der Waals surface area (Å²) < 4.78 is 10.8. The largest absolute Gasteiger partial charge is 0.455 e. The number of hydrogen-bond acceptors (Lipinski definition) is 5. The van der Waals surface area contributed by atoms with Gasteiger partial charge in [0, 0.05) is 32.0 Å². The summed E-state index contributed by atoms with van der Waals surface area (Å²) in [7, 11) is 1.79. The predicted molar refractivity (Wildman–Crippen MR) is 149 cm³/mol. The van der Waals surface area contributed by atoms with Crippen LogP contribution in [0.5, 0.6) is 0 Å². The maximum Gasteiger partial charge on any atom is 0.357 e. The molecule has 2 aromatic rings. The van der Waals surface area contributed by atoms with Gasteiger partial charge < -0.3 is 14.8 Å². The maximum absolute atomic E-state index is 12.2. The molecule has 0 saturated heterocycles. The van der Waals surface area contributed by atoms with Gasteiger partial charge in [0.15, 0.2) is 0 Å². The van der Waals surface area contributed by atoms with Crippen molar-refractivity contribution in [1.29, 1.82) is 0 Å². The minimum Gasteiger partial charge on any atom is -0.455 e. The Kier molecular flexibility index (Phi) is 9.55. The van der Waals surface area contributed by atoms with Gasteiger partial charge in [-0.25, -0.2) is 9.78 Å². The van der Waals surface area contributed by atoms with Gasteiger partial charge in [0.2, 0.25) is 0 Å². The molecular weight excluding hydrogens is 460 g/mol. The fourth-order valence-electron chi connectivity index (χ4n) is 5.45. The minimum absolute atomic E-state index is 0.357. The van der Waals surface area contributed by atoms with Gasteiger partial charge in [-0.2, -0.15) is 0 Å². The summed E-state index contributed by atoms with van der Waals surface area (Å²) in [6.07, 6.45) is 13.8. The van der Waals surface area contributed by atoms with Crippen molar-refractivity contribution in [2.45, 2.75) is 89.8 Å². The molecule has 0 unspecified atom stereocenters. The Balaban J connectivity index is 1.18. The predicted octanol–water partition coefficient (Wildman–Crippen LogP) is 6.63. The zero-order valence-corrected chi connectivity index (χ0v) is 23.0. The Morgan fingerprint density at radius 2 is 1.84 bits per heavy atom. The number of nitrogens with one attached hydrogen (secondary N) is 1. The molecule has 0 aliphatic heterocycles. The summed E-state index contributed by atoms with van der Waals surface area (Å²) in [5.74, 6) is 1.06. The Morgan fingerprint density at radius 3 is 2.49 bits per heavy atom. The fourth-order valence-corrected chi connectivity index (χ4v) is 5.45. The topological polar surface area (TPSA) is 60.5 Å². The van der Waals surface area contributed by atoms with Gasteiger partial charge in [0.25, 0.3) is 0 Å². The summed E-state index contributed by atoms with van der Waals surface area (Å²) in [6, 6.07) is 15.7. The average Bonchev–Trinajstić information content (AvgIpc) is 3.65. The van der Waals surface area contributed by atoms with E-state index < -0.39 is 5.60 Å². The number of rotatable bonds is 11. The summed E-state index contributed by atoms with van der Waals surface area (Å²) in [4.78, 5) is 16.5. The van der Waals surface area contributed by atoms with Crippen LogP contribution < -0.4 is 5.32 Å². The number of ether oxygens (including phenoxy) is 2. The number of aromatic nitrogens is 1. The molecule has 1 N–H and O–H groups in total. The highest BCUT2D eigenvalue weighted by atomic mass is 16.6.